The molecule has 16 heavy (non-hydrogen) atoms. The predicted octanol–water partition coefficient (Wildman–Crippen LogP) is 1.45. The second kappa shape index (κ2) is 3.72. The minimum Gasteiger partial charge on any atom is -0.342 e. The Kier molecular flexibility index (Phi) is 2.22. The Morgan fingerprint density at radius 1 is 1.44 bits per heavy atom. The largest absolute Gasteiger partial charge is 0.342 e. The molecule has 0 aliphatic carbocycles. The summed E-state index contributed by atoms with van der Waals surface area (Å²) in [6.07, 6.45) is 1.98. The minimum atomic E-state index is 0.479. The van der Waals surface area contributed by atoms with Crippen molar-refractivity contribution < 1.29 is 4.79 Å². The number of imidazole rings is 1. The second-order valence-electron chi connectivity index (χ2n) is 4.21. The second-order valence-corrected chi connectivity index (χ2v) is 4.21. The van der Waals surface area contributed by atoms with Crippen LogP contribution in [0.2, 0.25) is 0 Å². The van der Waals surface area contributed by atoms with Gasteiger partial charge in [0.1, 0.15) is 12.1 Å². The van der Waals surface area contributed by atoms with Crippen molar-refractivity contribution in [3.05, 3.63) is 29.6 Å². The summed E-state index contributed by atoms with van der Waals surface area (Å²) in [4.78, 5) is 18.5. The molecule has 1 saturated heterocycles. The SMILES string of the molecule is O=Cc1ccc2nc([C@H]3CCNC3)[nH]c2c1. The highest BCUT2D eigenvalue weighted by molar-refractivity contribution is 5.84. The van der Waals surface area contributed by atoms with Crippen LogP contribution in [0.4, 0.5) is 0 Å². The summed E-state index contributed by atoms with van der Waals surface area (Å²) in [5.74, 6) is 1.51. The molecule has 1 atom stereocenters. The van der Waals surface area contributed by atoms with Crippen LogP contribution >= 0.6 is 0 Å². The summed E-state index contributed by atoms with van der Waals surface area (Å²) in [6.45, 7) is 2.04. The number of carbonyl (C=O) groups excluding carboxylic acids is 1. The molecule has 2 N–H and O–H groups in total. The molecule has 1 fully saturated rings. The number of aldehydes is 1. The van der Waals surface area contributed by atoms with Gasteiger partial charge in [0.05, 0.1) is 11.0 Å². The molecule has 0 amide bonds. The summed E-state index contributed by atoms with van der Waals surface area (Å²) in [7, 11) is 0. The lowest BCUT2D eigenvalue weighted by molar-refractivity contribution is 0.112. The first-order valence-electron chi connectivity index (χ1n) is 5.52. The van der Waals surface area contributed by atoms with E-state index >= 15 is 0 Å². The number of benzene rings is 1. The Morgan fingerprint density at radius 3 is 3.12 bits per heavy atom. The highest BCUT2D eigenvalue weighted by Crippen LogP contribution is 2.22. The van der Waals surface area contributed by atoms with E-state index < -0.39 is 0 Å². The first-order valence-corrected chi connectivity index (χ1v) is 5.52. The lowest BCUT2D eigenvalue weighted by Gasteiger charge is -2.01. The average Bonchev–Trinajstić information content (AvgIpc) is 2.96. The Hall–Kier alpha value is -1.68. The maximum Gasteiger partial charge on any atom is 0.150 e. The quantitative estimate of drug-likeness (QED) is 0.745. The van der Waals surface area contributed by atoms with Gasteiger partial charge in [-0.15, -0.1) is 0 Å². The number of hydrogen-bond donors (Lipinski definition) is 2. The van der Waals surface area contributed by atoms with E-state index in [1.807, 2.05) is 12.1 Å². The van der Waals surface area contributed by atoms with Gasteiger partial charge in [0.25, 0.3) is 0 Å². The zero-order valence-corrected chi connectivity index (χ0v) is 8.86. The van der Waals surface area contributed by atoms with E-state index in [4.69, 9.17) is 0 Å². The Morgan fingerprint density at radius 2 is 2.38 bits per heavy atom. The molecule has 0 radical (unpaired) electrons. The fourth-order valence-electron chi connectivity index (χ4n) is 2.20. The molecule has 1 aromatic carbocycles. The maximum atomic E-state index is 10.7. The normalized spacial score (nSPS) is 20.4. The van der Waals surface area contributed by atoms with Crippen LogP contribution in [0.1, 0.15) is 28.5 Å². The van der Waals surface area contributed by atoms with Crippen molar-refractivity contribution in [2.24, 2.45) is 0 Å². The average molecular weight is 215 g/mol. The van der Waals surface area contributed by atoms with E-state index in [1.54, 1.807) is 6.07 Å². The molecule has 1 aliphatic heterocycles. The summed E-state index contributed by atoms with van der Waals surface area (Å²) >= 11 is 0. The van der Waals surface area contributed by atoms with Crippen molar-refractivity contribution >= 4 is 17.3 Å². The van der Waals surface area contributed by atoms with Crippen molar-refractivity contribution in [1.29, 1.82) is 0 Å². The molecule has 4 nitrogen and oxygen atoms in total. The highest BCUT2D eigenvalue weighted by atomic mass is 16.1. The van der Waals surface area contributed by atoms with Gasteiger partial charge in [-0.3, -0.25) is 4.79 Å². The standard InChI is InChI=1S/C12H13N3O/c16-7-8-1-2-10-11(5-8)15-12(14-10)9-3-4-13-6-9/h1-2,5,7,9,13H,3-4,6H2,(H,14,15)/t9-/m0/s1. The third-order valence-corrected chi connectivity index (χ3v) is 3.11. The summed E-state index contributed by atoms with van der Waals surface area (Å²) in [6, 6.07) is 5.54. The van der Waals surface area contributed by atoms with Gasteiger partial charge < -0.3 is 10.3 Å². The zero-order valence-electron chi connectivity index (χ0n) is 8.86. The van der Waals surface area contributed by atoms with Crippen molar-refractivity contribution in [1.82, 2.24) is 15.3 Å². The maximum absolute atomic E-state index is 10.7. The van der Waals surface area contributed by atoms with Gasteiger partial charge in [-0.2, -0.15) is 0 Å². The van der Waals surface area contributed by atoms with Crippen LogP contribution in [0.3, 0.4) is 0 Å². The highest BCUT2D eigenvalue weighted by Gasteiger charge is 2.19. The topological polar surface area (TPSA) is 57.8 Å². The van der Waals surface area contributed by atoms with Crippen molar-refractivity contribution in [3.63, 3.8) is 0 Å². The molecular weight excluding hydrogens is 202 g/mol. The Balaban J connectivity index is 2.04. The number of nitrogens with zero attached hydrogens (tertiary/aromatic N) is 1. The summed E-state index contributed by atoms with van der Waals surface area (Å²) in [5.41, 5.74) is 2.58. The van der Waals surface area contributed by atoms with Crippen LogP contribution in [0.5, 0.6) is 0 Å². The number of hydrogen-bond acceptors (Lipinski definition) is 3. The van der Waals surface area contributed by atoms with Crippen molar-refractivity contribution in [2.75, 3.05) is 13.1 Å². The number of H-pyrrole nitrogens is 1. The molecule has 0 spiro atoms. The Bertz CT molecular complexity index is 526. The summed E-state index contributed by atoms with van der Waals surface area (Å²) < 4.78 is 0. The third kappa shape index (κ3) is 1.51. The molecule has 1 aromatic heterocycles. The van der Waals surface area contributed by atoms with E-state index in [0.29, 0.717) is 11.5 Å². The fraction of sp³-hybridized carbons (Fsp3) is 0.333. The smallest absolute Gasteiger partial charge is 0.150 e. The lowest BCUT2D eigenvalue weighted by atomic mass is 10.1. The number of aromatic amines is 1. The number of carbonyl (C=O) groups is 1. The molecule has 4 heteroatoms. The van der Waals surface area contributed by atoms with Crippen LogP contribution in [0.15, 0.2) is 18.2 Å². The molecule has 0 bridgehead atoms. The predicted molar refractivity (Wildman–Crippen MR) is 61.7 cm³/mol. The van der Waals surface area contributed by atoms with Gasteiger partial charge in [-0.25, -0.2) is 4.98 Å². The first-order chi connectivity index (χ1) is 7.86. The van der Waals surface area contributed by atoms with Gasteiger partial charge in [0.2, 0.25) is 0 Å². The number of aromatic nitrogens is 2. The van der Waals surface area contributed by atoms with Gasteiger partial charge in [0.15, 0.2) is 0 Å². The van der Waals surface area contributed by atoms with Crippen LogP contribution in [-0.4, -0.2) is 29.3 Å². The van der Waals surface area contributed by atoms with Crippen LogP contribution in [0, 0.1) is 0 Å². The number of nitrogens with one attached hydrogen (secondary N) is 2. The van der Waals surface area contributed by atoms with Crippen molar-refractivity contribution in [3.8, 4) is 0 Å². The monoisotopic (exact) mass is 215 g/mol. The number of fused-ring (bicyclic) bond motifs is 1. The lowest BCUT2D eigenvalue weighted by Crippen LogP contribution is -2.08. The molecule has 0 unspecified atom stereocenters. The van der Waals surface area contributed by atoms with Gasteiger partial charge >= 0.3 is 0 Å². The molecule has 3 rings (SSSR count). The first kappa shape index (κ1) is 9.54. The van der Waals surface area contributed by atoms with Crippen LogP contribution in [0.25, 0.3) is 11.0 Å². The van der Waals surface area contributed by atoms with E-state index in [-0.39, 0.29) is 0 Å². The molecular formula is C12H13N3O. The van der Waals surface area contributed by atoms with Gasteiger partial charge in [-0.1, -0.05) is 0 Å². The molecule has 2 heterocycles. The van der Waals surface area contributed by atoms with Crippen LogP contribution in [-0.2, 0) is 0 Å². The molecule has 1 aliphatic rings. The molecule has 82 valence electrons. The molecule has 2 aromatic rings. The fourth-order valence-corrected chi connectivity index (χ4v) is 2.20. The van der Waals surface area contributed by atoms with E-state index in [1.165, 1.54) is 0 Å². The van der Waals surface area contributed by atoms with Gasteiger partial charge in [-0.05, 0) is 31.2 Å². The molecule has 0 saturated carbocycles. The van der Waals surface area contributed by atoms with Crippen LogP contribution < -0.4 is 5.32 Å². The minimum absolute atomic E-state index is 0.479. The van der Waals surface area contributed by atoms with E-state index in [0.717, 1.165) is 42.7 Å². The van der Waals surface area contributed by atoms with Crippen molar-refractivity contribution in [2.45, 2.75) is 12.3 Å². The Labute approximate surface area is 93.1 Å². The van der Waals surface area contributed by atoms with E-state index in [9.17, 15) is 4.79 Å². The third-order valence-electron chi connectivity index (χ3n) is 3.11. The zero-order chi connectivity index (χ0) is 11.0. The van der Waals surface area contributed by atoms with Gasteiger partial charge in [0, 0.05) is 18.0 Å². The van der Waals surface area contributed by atoms with E-state index in [2.05, 4.69) is 15.3 Å². The summed E-state index contributed by atoms with van der Waals surface area (Å²) in [5, 5.41) is 3.32. The number of rotatable bonds is 2.